The highest BCUT2D eigenvalue weighted by atomic mass is 16.3. The highest BCUT2D eigenvalue weighted by molar-refractivity contribution is 5.47. The molecule has 0 fully saturated rings. The lowest BCUT2D eigenvalue weighted by Gasteiger charge is -2.14. The molecular weight excluding hydrogens is 256 g/mol. The molecule has 1 atom stereocenters. The lowest BCUT2D eigenvalue weighted by molar-refractivity contribution is 0.179. The Kier molecular flexibility index (Phi) is 3.86. The SMILES string of the molecule is CCc1cc(C)cc(Cc2ccc(C)c3c2CC[C@H]3O)c1. The van der Waals surface area contributed by atoms with E-state index in [2.05, 4.69) is 51.1 Å². The number of fused-ring (bicyclic) bond motifs is 1. The standard InChI is InChI=1S/C20H24O/c1-4-15-9-13(2)10-16(11-15)12-17-6-5-14(3)20-18(17)7-8-19(20)21/h5-6,9-11,19,21H,4,7-8,12H2,1-3H3/t19-/m1/s1. The minimum Gasteiger partial charge on any atom is -0.388 e. The summed E-state index contributed by atoms with van der Waals surface area (Å²) in [6.07, 6.45) is 3.69. The van der Waals surface area contributed by atoms with E-state index in [0.29, 0.717) is 0 Å². The second-order valence-corrected chi connectivity index (χ2v) is 6.35. The molecule has 1 heteroatoms. The average Bonchev–Trinajstić information content (AvgIpc) is 2.84. The Morgan fingerprint density at radius 2 is 1.86 bits per heavy atom. The summed E-state index contributed by atoms with van der Waals surface area (Å²) >= 11 is 0. The van der Waals surface area contributed by atoms with Crippen molar-refractivity contribution in [3.8, 4) is 0 Å². The van der Waals surface area contributed by atoms with Crippen LogP contribution in [-0.2, 0) is 19.3 Å². The van der Waals surface area contributed by atoms with Gasteiger partial charge < -0.3 is 5.11 Å². The van der Waals surface area contributed by atoms with Crippen molar-refractivity contribution in [3.63, 3.8) is 0 Å². The van der Waals surface area contributed by atoms with Crippen LogP contribution in [0.1, 0.15) is 58.4 Å². The van der Waals surface area contributed by atoms with Crippen molar-refractivity contribution in [2.45, 2.75) is 52.6 Å². The van der Waals surface area contributed by atoms with Gasteiger partial charge in [-0.3, -0.25) is 0 Å². The quantitative estimate of drug-likeness (QED) is 0.881. The summed E-state index contributed by atoms with van der Waals surface area (Å²) < 4.78 is 0. The molecule has 0 saturated heterocycles. The van der Waals surface area contributed by atoms with Crippen LogP contribution in [0.5, 0.6) is 0 Å². The largest absolute Gasteiger partial charge is 0.388 e. The molecular formula is C20H24O. The van der Waals surface area contributed by atoms with E-state index in [4.69, 9.17) is 0 Å². The van der Waals surface area contributed by atoms with Gasteiger partial charge in [0.05, 0.1) is 6.10 Å². The van der Waals surface area contributed by atoms with Gasteiger partial charge in [0, 0.05) is 0 Å². The molecule has 0 aromatic heterocycles. The van der Waals surface area contributed by atoms with Crippen LogP contribution in [0.25, 0.3) is 0 Å². The van der Waals surface area contributed by atoms with Gasteiger partial charge in [-0.25, -0.2) is 0 Å². The average molecular weight is 280 g/mol. The first-order chi connectivity index (χ1) is 10.1. The van der Waals surface area contributed by atoms with Crippen LogP contribution in [0, 0.1) is 13.8 Å². The van der Waals surface area contributed by atoms with E-state index in [0.717, 1.165) is 25.7 Å². The molecule has 0 amide bonds. The fraction of sp³-hybridized carbons (Fsp3) is 0.400. The Hall–Kier alpha value is -1.60. The van der Waals surface area contributed by atoms with Crippen molar-refractivity contribution in [2.75, 3.05) is 0 Å². The first-order valence-electron chi connectivity index (χ1n) is 7.97. The minimum atomic E-state index is -0.260. The molecule has 110 valence electrons. The van der Waals surface area contributed by atoms with Crippen LogP contribution >= 0.6 is 0 Å². The Balaban J connectivity index is 1.98. The van der Waals surface area contributed by atoms with Crippen molar-refractivity contribution in [1.82, 2.24) is 0 Å². The third-order valence-corrected chi connectivity index (χ3v) is 4.67. The number of hydrogen-bond acceptors (Lipinski definition) is 1. The number of hydrogen-bond donors (Lipinski definition) is 1. The summed E-state index contributed by atoms with van der Waals surface area (Å²) in [6, 6.07) is 11.3. The van der Waals surface area contributed by atoms with Crippen LogP contribution in [0.4, 0.5) is 0 Å². The van der Waals surface area contributed by atoms with Crippen LogP contribution in [0.2, 0.25) is 0 Å². The molecule has 1 aliphatic rings. The molecule has 0 saturated carbocycles. The number of rotatable bonds is 3. The summed E-state index contributed by atoms with van der Waals surface area (Å²) in [6.45, 7) is 6.49. The maximum atomic E-state index is 10.2. The second kappa shape index (κ2) is 5.65. The molecule has 2 aromatic carbocycles. The van der Waals surface area contributed by atoms with E-state index >= 15 is 0 Å². The fourth-order valence-electron chi connectivity index (χ4n) is 3.65. The lowest BCUT2D eigenvalue weighted by Crippen LogP contribution is -2.00. The summed E-state index contributed by atoms with van der Waals surface area (Å²) in [7, 11) is 0. The normalized spacial score (nSPS) is 17.0. The summed E-state index contributed by atoms with van der Waals surface area (Å²) in [4.78, 5) is 0. The van der Waals surface area contributed by atoms with Gasteiger partial charge in [0.1, 0.15) is 0 Å². The van der Waals surface area contributed by atoms with Crippen LogP contribution in [0.15, 0.2) is 30.3 Å². The minimum absolute atomic E-state index is 0.260. The lowest BCUT2D eigenvalue weighted by atomic mass is 9.92. The summed E-state index contributed by atoms with van der Waals surface area (Å²) in [5.74, 6) is 0. The van der Waals surface area contributed by atoms with Crippen LogP contribution in [-0.4, -0.2) is 5.11 Å². The number of benzene rings is 2. The monoisotopic (exact) mass is 280 g/mol. The molecule has 0 spiro atoms. The molecule has 1 aliphatic carbocycles. The number of aliphatic hydroxyl groups excluding tert-OH is 1. The molecule has 1 N–H and O–H groups in total. The molecule has 3 rings (SSSR count). The molecule has 1 nitrogen and oxygen atoms in total. The third-order valence-electron chi connectivity index (χ3n) is 4.67. The van der Waals surface area contributed by atoms with Crippen molar-refractivity contribution in [1.29, 1.82) is 0 Å². The highest BCUT2D eigenvalue weighted by Crippen LogP contribution is 2.36. The zero-order valence-corrected chi connectivity index (χ0v) is 13.2. The van der Waals surface area contributed by atoms with E-state index in [9.17, 15) is 5.11 Å². The second-order valence-electron chi connectivity index (χ2n) is 6.35. The first-order valence-corrected chi connectivity index (χ1v) is 7.97. The zero-order valence-electron chi connectivity index (χ0n) is 13.2. The molecule has 21 heavy (non-hydrogen) atoms. The molecule has 0 radical (unpaired) electrons. The topological polar surface area (TPSA) is 20.2 Å². The molecule has 2 aromatic rings. The molecule has 0 aliphatic heterocycles. The van der Waals surface area contributed by atoms with E-state index in [-0.39, 0.29) is 6.10 Å². The first kappa shape index (κ1) is 14.3. The van der Waals surface area contributed by atoms with Crippen molar-refractivity contribution in [2.24, 2.45) is 0 Å². The fourth-order valence-corrected chi connectivity index (χ4v) is 3.65. The van der Waals surface area contributed by atoms with Gasteiger partial charge in [-0.2, -0.15) is 0 Å². The van der Waals surface area contributed by atoms with Gasteiger partial charge in [-0.15, -0.1) is 0 Å². The highest BCUT2D eigenvalue weighted by Gasteiger charge is 2.24. The maximum absolute atomic E-state index is 10.2. The van der Waals surface area contributed by atoms with E-state index in [1.807, 2.05) is 0 Å². The Morgan fingerprint density at radius 1 is 1.10 bits per heavy atom. The molecule has 0 heterocycles. The predicted molar refractivity (Wildman–Crippen MR) is 87.8 cm³/mol. The van der Waals surface area contributed by atoms with Gasteiger partial charge in [0.25, 0.3) is 0 Å². The van der Waals surface area contributed by atoms with Crippen LogP contribution in [0.3, 0.4) is 0 Å². The van der Waals surface area contributed by atoms with Gasteiger partial charge >= 0.3 is 0 Å². The number of aliphatic hydroxyl groups is 1. The summed E-state index contributed by atoms with van der Waals surface area (Å²) in [5.41, 5.74) is 9.34. The van der Waals surface area contributed by atoms with Gasteiger partial charge in [-0.1, -0.05) is 42.8 Å². The zero-order chi connectivity index (χ0) is 15.0. The molecule has 0 bridgehead atoms. The predicted octanol–water partition coefficient (Wildman–Crippen LogP) is 4.44. The Morgan fingerprint density at radius 3 is 2.62 bits per heavy atom. The smallest absolute Gasteiger partial charge is 0.0798 e. The summed E-state index contributed by atoms with van der Waals surface area (Å²) in [5, 5.41) is 10.2. The van der Waals surface area contributed by atoms with Crippen molar-refractivity contribution < 1.29 is 5.11 Å². The molecule has 0 unspecified atom stereocenters. The van der Waals surface area contributed by atoms with E-state index in [1.165, 1.54) is 38.9 Å². The number of aryl methyl sites for hydroxylation is 3. The van der Waals surface area contributed by atoms with Gasteiger partial charge in [0.15, 0.2) is 0 Å². The maximum Gasteiger partial charge on any atom is 0.0798 e. The van der Waals surface area contributed by atoms with Gasteiger partial charge in [0.2, 0.25) is 0 Å². The Labute approximate surface area is 127 Å². The van der Waals surface area contributed by atoms with Crippen LogP contribution < -0.4 is 0 Å². The third kappa shape index (κ3) is 2.75. The van der Waals surface area contributed by atoms with Gasteiger partial charge in [-0.05, 0) is 72.9 Å². The van der Waals surface area contributed by atoms with E-state index in [1.54, 1.807) is 0 Å². The van der Waals surface area contributed by atoms with Crippen molar-refractivity contribution in [3.05, 3.63) is 69.3 Å². The van der Waals surface area contributed by atoms with E-state index < -0.39 is 0 Å². The van der Waals surface area contributed by atoms with Crippen molar-refractivity contribution >= 4 is 0 Å². The Bertz CT molecular complexity index is 670.